The SMILES string of the molecule is C=CS(=O)(=O)CCN.Nc1ccc(C(=O)O)cc1. The van der Waals surface area contributed by atoms with E-state index in [-0.39, 0.29) is 17.9 Å². The third kappa shape index (κ3) is 6.66. The van der Waals surface area contributed by atoms with Gasteiger partial charge in [0.15, 0.2) is 9.84 Å². The first-order valence-corrected chi connectivity index (χ1v) is 6.68. The van der Waals surface area contributed by atoms with Gasteiger partial charge in [-0.2, -0.15) is 0 Å². The summed E-state index contributed by atoms with van der Waals surface area (Å²) >= 11 is 0. The summed E-state index contributed by atoms with van der Waals surface area (Å²) in [5.41, 5.74) is 11.1. The molecule has 0 aliphatic heterocycles. The summed E-state index contributed by atoms with van der Waals surface area (Å²) in [6, 6.07) is 6.06. The number of nitrogen functional groups attached to an aromatic ring is 1. The minimum absolute atomic E-state index is 0.00347. The normalized spacial score (nSPS) is 10.1. The fraction of sp³-hybridized carbons (Fsp3) is 0.182. The Kier molecular flexibility index (Phi) is 6.69. The second-order valence-electron chi connectivity index (χ2n) is 3.25. The third-order valence-corrected chi connectivity index (χ3v) is 3.13. The number of carboxylic acid groups (broad SMARTS) is 1. The number of aromatic carboxylic acids is 1. The van der Waals surface area contributed by atoms with Gasteiger partial charge in [-0.25, -0.2) is 13.2 Å². The Balaban J connectivity index is 0.000000331. The van der Waals surface area contributed by atoms with Crippen molar-refractivity contribution >= 4 is 21.5 Å². The van der Waals surface area contributed by atoms with Crippen molar-refractivity contribution in [3.63, 3.8) is 0 Å². The highest BCUT2D eigenvalue weighted by atomic mass is 32.2. The number of carbonyl (C=O) groups is 1. The van der Waals surface area contributed by atoms with Crippen LogP contribution in [0.3, 0.4) is 0 Å². The standard InChI is InChI=1S/C7H7NO2.C4H9NO2S/c8-6-3-1-5(2-4-6)7(9)10;1-2-8(6,7)4-3-5/h1-4H,8H2,(H,9,10);2H,1,3-5H2. The van der Waals surface area contributed by atoms with E-state index in [4.69, 9.17) is 16.6 Å². The van der Waals surface area contributed by atoms with Crippen LogP contribution in [0.25, 0.3) is 0 Å². The van der Waals surface area contributed by atoms with Crippen molar-refractivity contribution in [1.29, 1.82) is 0 Å². The summed E-state index contributed by atoms with van der Waals surface area (Å²) in [5.74, 6) is -0.934. The van der Waals surface area contributed by atoms with E-state index in [1.807, 2.05) is 0 Å². The number of hydrogen-bond donors (Lipinski definition) is 3. The molecule has 1 aromatic carbocycles. The maximum atomic E-state index is 10.4. The Bertz CT molecular complexity index is 494. The third-order valence-electron chi connectivity index (χ3n) is 1.81. The van der Waals surface area contributed by atoms with Gasteiger partial charge in [0.2, 0.25) is 0 Å². The molecule has 0 saturated carbocycles. The van der Waals surface area contributed by atoms with E-state index in [2.05, 4.69) is 6.58 Å². The molecule has 5 N–H and O–H groups in total. The predicted molar refractivity (Wildman–Crippen MR) is 70.9 cm³/mol. The topological polar surface area (TPSA) is 123 Å². The molecule has 0 heterocycles. The van der Waals surface area contributed by atoms with E-state index >= 15 is 0 Å². The van der Waals surface area contributed by atoms with Crippen molar-refractivity contribution in [2.24, 2.45) is 5.73 Å². The van der Waals surface area contributed by atoms with E-state index < -0.39 is 15.8 Å². The molecule has 0 radical (unpaired) electrons. The molecule has 0 amide bonds. The van der Waals surface area contributed by atoms with Crippen molar-refractivity contribution in [3.05, 3.63) is 41.8 Å². The van der Waals surface area contributed by atoms with Gasteiger partial charge >= 0.3 is 5.97 Å². The molecule has 1 rings (SSSR count). The molecular weight excluding hydrogens is 256 g/mol. The van der Waals surface area contributed by atoms with Crippen LogP contribution < -0.4 is 11.5 Å². The van der Waals surface area contributed by atoms with Crippen molar-refractivity contribution in [1.82, 2.24) is 0 Å². The molecule has 0 aromatic heterocycles. The van der Waals surface area contributed by atoms with Gasteiger partial charge in [-0.05, 0) is 24.3 Å². The average Bonchev–Trinajstić information content (AvgIpc) is 2.30. The highest BCUT2D eigenvalue weighted by molar-refractivity contribution is 7.94. The molecule has 0 aliphatic carbocycles. The van der Waals surface area contributed by atoms with Gasteiger partial charge in [0.1, 0.15) is 0 Å². The fourth-order valence-electron chi connectivity index (χ4n) is 0.873. The highest BCUT2D eigenvalue weighted by Gasteiger charge is 1.99. The largest absolute Gasteiger partial charge is 0.478 e. The second kappa shape index (κ2) is 7.46. The van der Waals surface area contributed by atoms with Crippen LogP contribution >= 0.6 is 0 Å². The minimum atomic E-state index is -3.03. The van der Waals surface area contributed by atoms with Crippen LogP contribution in [-0.2, 0) is 9.84 Å². The van der Waals surface area contributed by atoms with Gasteiger partial charge in [-0.3, -0.25) is 0 Å². The first-order valence-electron chi connectivity index (χ1n) is 4.96. The summed E-state index contributed by atoms with van der Waals surface area (Å²) in [6.45, 7) is 3.27. The predicted octanol–water partition coefficient (Wildman–Crippen LogP) is 0.470. The molecule has 0 spiro atoms. The lowest BCUT2D eigenvalue weighted by atomic mass is 10.2. The van der Waals surface area contributed by atoms with Crippen LogP contribution in [0.5, 0.6) is 0 Å². The number of carboxylic acids is 1. The van der Waals surface area contributed by atoms with Crippen LogP contribution in [0, 0.1) is 0 Å². The Labute approximate surface area is 106 Å². The van der Waals surface area contributed by atoms with E-state index in [9.17, 15) is 13.2 Å². The molecule has 18 heavy (non-hydrogen) atoms. The molecule has 7 heteroatoms. The van der Waals surface area contributed by atoms with Crippen molar-refractivity contribution in [2.45, 2.75) is 0 Å². The second-order valence-corrected chi connectivity index (χ2v) is 5.32. The summed E-state index contributed by atoms with van der Waals surface area (Å²) in [4.78, 5) is 10.3. The summed E-state index contributed by atoms with van der Waals surface area (Å²) in [5, 5.41) is 9.35. The molecule has 0 fully saturated rings. The van der Waals surface area contributed by atoms with E-state index in [0.717, 1.165) is 5.41 Å². The lowest BCUT2D eigenvalue weighted by molar-refractivity contribution is 0.0697. The Morgan fingerprint density at radius 2 is 1.83 bits per heavy atom. The number of hydrogen-bond acceptors (Lipinski definition) is 5. The number of rotatable bonds is 4. The van der Waals surface area contributed by atoms with Crippen LogP contribution in [-0.4, -0.2) is 31.8 Å². The number of anilines is 1. The zero-order chi connectivity index (χ0) is 14.2. The first kappa shape index (κ1) is 16.1. The Hall–Kier alpha value is -1.86. The fourth-order valence-corrected chi connectivity index (χ4v) is 1.37. The molecule has 6 nitrogen and oxygen atoms in total. The lowest BCUT2D eigenvalue weighted by Crippen LogP contribution is -2.12. The van der Waals surface area contributed by atoms with E-state index in [0.29, 0.717) is 5.69 Å². The van der Waals surface area contributed by atoms with E-state index in [1.165, 1.54) is 12.1 Å². The monoisotopic (exact) mass is 272 g/mol. The van der Waals surface area contributed by atoms with E-state index in [1.54, 1.807) is 12.1 Å². The minimum Gasteiger partial charge on any atom is -0.478 e. The summed E-state index contributed by atoms with van der Waals surface area (Å²) in [6.07, 6.45) is 0. The van der Waals surface area contributed by atoms with Crippen LogP contribution in [0.4, 0.5) is 5.69 Å². The zero-order valence-electron chi connectivity index (χ0n) is 9.74. The van der Waals surface area contributed by atoms with Crippen molar-refractivity contribution in [2.75, 3.05) is 18.0 Å². The molecule has 0 unspecified atom stereocenters. The van der Waals surface area contributed by atoms with Gasteiger partial charge in [-0.15, -0.1) is 0 Å². The van der Waals surface area contributed by atoms with Crippen LogP contribution in [0.2, 0.25) is 0 Å². The number of nitrogens with two attached hydrogens (primary N) is 2. The van der Waals surface area contributed by atoms with Gasteiger partial charge in [0, 0.05) is 17.6 Å². The van der Waals surface area contributed by atoms with Gasteiger partial charge < -0.3 is 16.6 Å². The van der Waals surface area contributed by atoms with Crippen molar-refractivity contribution in [3.8, 4) is 0 Å². The maximum Gasteiger partial charge on any atom is 0.335 e. The van der Waals surface area contributed by atoms with Gasteiger partial charge in [0.25, 0.3) is 0 Å². The Morgan fingerprint density at radius 3 is 2.11 bits per heavy atom. The molecule has 0 saturated heterocycles. The van der Waals surface area contributed by atoms with Gasteiger partial charge in [0.05, 0.1) is 11.3 Å². The molecule has 0 bridgehead atoms. The van der Waals surface area contributed by atoms with Crippen molar-refractivity contribution < 1.29 is 18.3 Å². The summed E-state index contributed by atoms with van der Waals surface area (Å²) in [7, 11) is -3.03. The quantitative estimate of drug-likeness (QED) is 0.684. The first-order chi connectivity index (χ1) is 8.32. The highest BCUT2D eigenvalue weighted by Crippen LogP contribution is 2.04. The van der Waals surface area contributed by atoms with Crippen LogP contribution in [0.15, 0.2) is 36.3 Å². The molecule has 0 atom stereocenters. The lowest BCUT2D eigenvalue weighted by Gasteiger charge is -1.93. The maximum absolute atomic E-state index is 10.4. The molecule has 100 valence electrons. The summed E-state index contributed by atoms with van der Waals surface area (Å²) < 4.78 is 20.8. The number of sulfone groups is 1. The molecular formula is C11H16N2O4S. The van der Waals surface area contributed by atoms with Gasteiger partial charge in [-0.1, -0.05) is 6.58 Å². The average molecular weight is 272 g/mol. The molecule has 1 aromatic rings. The zero-order valence-corrected chi connectivity index (χ0v) is 10.6. The number of benzene rings is 1. The van der Waals surface area contributed by atoms with Crippen LogP contribution in [0.1, 0.15) is 10.4 Å². The smallest absolute Gasteiger partial charge is 0.335 e. The molecule has 0 aliphatic rings. The Morgan fingerprint density at radius 1 is 1.33 bits per heavy atom.